The summed E-state index contributed by atoms with van der Waals surface area (Å²) in [6.45, 7) is 0.344. The highest BCUT2D eigenvalue weighted by atomic mass is 16.5. The third-order valence-electron chi connectivity index (χ3n) is 3.34. The average Bonchev–Trinajstić information content (AvgIpc) is 2.86. The van der Waals surface area contributed by atoms with Gasteiger partial charge in [0, 0.05) is 31.5 Å². The molecule has 5 nitrogen and oxygen atoms in total. The topological polar surface area (TPSA) is 77.2 Å². The lowest BCUT2D eigenvalue weighted by Crippen LogP contribution is -2.33. The van der Waals surface area contributed by atoms with Crippen LogP contribution in [0.25, 0.3) is 0 Å². The van der Waals surface area contributed by atoms with Crippen molar-refractivity contribution < 1.29 is 9.53 Å². The molecule has 0 aliphatic heterocycles. The van der Waals surface area contributed by atoms with Crippen LogP contribution in [0.5, 0.6) is 0 Å². The summed E-state index contributed by atoms with van der Waals surface area (Å²) in [5, 5.41) is 3.02. The number of amides is 1. The Balaban J connectivity index is 1.95. The van der Waals surface area contributed by atoms with Crippen LogP contribution < -0.4 is 11.1 Å². The molecule has 1 amide bonds. The summed E-state index contributed by atoms with van der Waals surface area (Å²) < 4.78 is 5.29. The second kappa shape index (κ2) is 5.93. The van der Waals surface area contributed by atoms with E-state index < -0.39 is 0 Å². The molecule has 1 saturated carbocycles. The first-order valence-electron chi connectivity index (χ1n) is 6.21. The predicted octanol–water partition coefficient (Wildman–Crippen LogP) is 0.838. The number of hydrogen-bond donors (Lipinski definition) is 2. The van der Waals surface area contributed by atoms with Gasteiger partial charge in [-0.25, -0.2) is 0 Å². The first-order chi connectivity index (χ1) is 8.72. The molecule has 98 valence electrons. The first-order valence-corrected chi connectivity index (χ1v) is 6.21. The van der Waals surface area contributed by atoms with Gasteiger partial charge in [0.1, 0.15) is 0 Å². The van der Waals surface area contributed by atoms with Crippen LogP contribution >= 0.6 is 0 Å². The number of carbonyl (C=O) groups excluding carboxylic acids is 1. The van der Waals surface area contributed by atoms with E-state index in [9.17, 15) is 4.79 Å². The summed E-state index contributed by atoms with van der Waals surface area (Å²) in [7, 11) is 1.71. The van der Waals surface area contributed by atoms with Crippen LogP contribution in [-0.2, 0) is 11.3 Å². The summed E-state index contributed by atoms with van der Waals surface area (Å²) in [6.07, 6.45) is 4.75. The van der Waals surface area contributed by atoms with Crippen LogP contribution in [0.4, 0.5) is 0 Å². The van der Waals surface area contributed by atoms with Gasteiger partial charge in [-0.05, 0) is 31.4 Å². The van der Waals surface area contributed by atoms with E-state index in [2.05, 4.69) is 10.3 Å². The number of aromatic nitrogens is 1. The summed E-state index contributed by atoms with van der Waals surface area (Å²) >= 11 is 0. The third kappa shape index (κ3) is 3.05. The zero-order chi connectivity index (χ0) is 13.0. The van der Waals surface area contributed by atoms with E-state index in [0.717, 1.165) is 25.0 Å². The number of carbonyl (C=O) groups is 1. The van der Waals surface area contributed by atoms with E-state index in [4.69, 9.17) is 10.5 Å². The van der Waals surface area contributed by atoms with Crippen molar-refractivity contribution in [1.82, 2.24) is 10.3 Å². The number of hydrogen-bond acceptors (Lipinski definition) is 4. The highest BCUT2D eigenvalue weighted by Gasteiger charge is 2.25. The molecule has 0 radical (unpaired) electrons. The second-order valence-electron chi connectivity index (χ2n) is 4.58. The van der Waals surface area contributed by atoms with Crippen LogP contribution in [0.3, 0.4) is 0 Å². The van der Waals surface area contributed by atoms with Gasteiger partial charge in [-0.3, -0.25) is 9.78 Å². The molecule has 3 N–H and O–H groups in total. The fourth-order valence-electron chi connectivity index (χ4n) is 2.29. The monoisotopic (exact) mass is 249 g/mol. The molecule has 18 heavy (non-hydrogen) atoms. The molecule has 5 heteroatoms. The van der Waals surface area contributed by atoms with Gasteiger partial charge < -0.3 is 15.8 Å². The molecule has 0 aromatic carbocycles. The molecule has 1 aromatic rings. The standard InChI is InChI=1S/C13H19N3O2/c1-18-12-3-2-10(7-12)16-13(17)9-4-5-15-11(6-9)8-14/h4-6,10,12H,2-3,7-8,14H2,1H3,(H,16,17). The molecule has 0 bridgehead atoms. The zero-order valence-corrected chi connectivity index (χ0v) is 10.6. The number of nitrogens with zero attached hydrogens (tertiary/aromatic N) is 1. The lowest BCUT2D eigenvalue weighted by Gasteiger charge is -2.13. The van der Waals surface area contributed by atoms with Gasteiger partial charge in [-0.1, -0.05) is 0 Å². The molecule has 2 unspecified atom stereocenters. The summed E-state index contributed by atoms with van der Waals surface area (Å²) in [4.78, 5) is 16.1. The molecule has 2 atom stereocenters. The highest BCUT2D eigenvalue weighted by molar-refractivity contribution is 5.94. The maximum absolute atomic E-state index is 12.0. The molecule has 2 rings (SSSR count). The van der Waals surface area contributed by atoms with Gasteiger partial charge in [-0.15, -0.1) is 0 Å². The number of rotatable bonds is 4. The number of nitrogens with two attached hydrogens (primary N) is 1. The van der Waals surface area contributed by atoms with Crippen molar-refractivity contribution in [2.24, 2.45) is 5.73 Å². The van der Waals surface area contributed by atoms with Crippen LogP contribution in [0, 0.1) is 0 Å². The Morgan fingerprint density at radius 1 is 1.61 bits per heavy atom. The van der Waals surface area contributed by atoms with Gasteiger partial charge in [-0.2, -0.15) is 0 Å². The van der Waals surface area contributed by atoms with E-state index in [-0.39, 0.29) is 18.1 Å². The van der Waals surface area contributed by atoms with E-state index in [1.165, 1.54) is 0 Å². The number of ether oxygens (including phenoxy) is 1. The Morgan fingerprint density at radius 2 is 2.44 bits per heavy atom. The molecule has 1 fully saturated rings. The van der Waals surface area contributed by atoms with Gasteiger partial charge in [0.05, 0.1) is 11.8 Å². The maximum atomic E-state index is 12.0. The fraction of sp³-hybridized carbons (Fsp3) is 0.538. The maximum Gasteiger partial charge on any atom is 0.251 e. The van der Waals surface area contributed by atoms with E-state index in [0.29, 0.717) is 12.1 Å². The van der Waals surface area contributed by atoms with Crippen molar-refractivity contribution in [2.75, 3.05) is 7.11 Å². The molecule has 0 spiro atoms. The normalized spacial score (nSPS) is 23.0. The van der Waals surface area contributed by atoms with E-state index in [1.807, 2.05) is 0 Å². The van der Waals surface area contributed by atoms with E-state index in [1.54, 1.807) is 25.4 Å². The van der Waals surface area contributed by atoms with Crippen molar-refractivity contribution in [3.05, 3.63) is 29.6 Å². The molecular weight excluding hydrogens is 230 g/mol. The molecule has 1 aliphatic rings. The first kappa shape index (κ1) is 13.0. The zero-order valence-electron chi connectivity index (χ0n) is 10.6. The van der Waals surface area contributed by atoms with Gasteiger partial charge in [0.25, 0.3) is 5.91 Å². The average molecular weight is 249 g/mol. The lowest BCUT2D eigenvalue weighted by molar-refractivity contribution is 0.0915. The smallest absolute Gasteiger partial charge is 0.251 e. The van der Waals surface area contributed by atoms with Gasteiger partial charge in [0.15, 0.2) is 0 Å². The molecule has 1 aliphatic carbocycles. The van der Waals surface area contributed by atoms with Crippen LogP contribution in [0.1, 0.15) is 35.3 Å². The van der Waals surface area contributed by atoms with Crippen molar-refractivity contribution >= 4 is 5.91 Å². The Hall–Kier alpha value is -1.46. The second-order valence-corrected chi connectivity index (χ2v) is 4.58. The molecule has 0 saturated heterocycles. The van der Waals surface area contributed by atoms with Crippen molar-refractivity contribution in [3.63, 3.8) is 0 Å². The summed E-state index contributed by atoms with van der Waals surface area (Å²) in [5.41, 5.74) is 6.85. The quantitative estimate of drug-likeness (QED) is 0.829. The molecule has 1 aromatic heterocycles. The Kier molecular flexibility index (Phi) is 4.28. The number of pyridine rings is 1. The largest absolute Gasteiger partial charge is 0.381 e. The lowest BCUT2D eigenvalue weighted by atomic mass is 10.2. The minimum absolute atomic E-state index is 0.0612. The Labute approximate surface area is 107 Å². The fourth-order valence-corrected chi connectivity index (χ4v) is 2.29. The van der Waals surface area contributed by atoms with Crippen molar-refractivity contribution in [2.45, 2.75) is 38.0 Å². The van der Waals surface area contributed by atoms with Crippen LogP contribution in [-0.4, -0.2) is 30.1 Å². The predicted molar refractivity (Wildman–Crippen MR) is 68.0 cm³/mol. The van der Waals surface area contributed by atoms with Crippen LogP contribution in [0.2, 0.25) is 0 Å². The van der Waals surface area contributed by atoms with Crippen molar-refractivity contribution in [1.29, 1.82) is 0 Å². The molecular formula is C13H19N3O2. The molecule has 1 heterocycles. The summed E-state index contributed by atoms with van der Waals surface area (Å²) in [6, 6.07) is 3.65. The van der Waals surface area contributed by atoms with E-state index >= 15 is 0 Å². The summed E-state index contributed by atoms with van der Waals surface area (Å²) in [5.74, 6) is -0.0612. The van der Waals surface area contributed by atoms with Crippen molar-refractivity contribution in [3.8, 4) is 0 Å². The van der Waals surface area contributed by atoms with Gasteiger partial charge in [0.2, 0.25) is 0 Å². The Morgan fingerprint density at radius 3 is 3.11 bits per heavy atom. The highest BCUT2D eigenvalue weighted by Crippen LogP contribution is 2.21. The SMILES string of the molecule is COC1CCC(NC(=O)c2ccnc(CN)c2)C1. The Bertz CT molecular complexity index is 422. The number of nitrogens with one attached hydrogen (secondary N) is 1. The van der Waals surface area contributed by atoms with Crippen LogP contribution in [0.15, 0.2) is 18.3 Å². The number of methoxy groups -OCH3 is 1. The minimum Gasteiger partial charge on any atom is -0.381 e. The third-order valence-corrected chi connectivity index (χ3v) is 3.34. The minimum atomic E-state index is -0.0612. The van der Waals surface area contributed by atoms with Gasteiger partial charge >= 0.3 is 0 Å².